The van der Waals surface area contributed by atoms with Gasteiger partial charge in [-0.3, -0.25) is 0 Å². The molecule has 2 aromatic heterocycles. The molecular formula is C26H33N3O3. The van der Waals surface area contributed by atoms with E-state index in [9.17, 15) is 0 Å². The second-order valence-corrected chi connectivity index (χ2v) is 9.72. The van der Waals surface area contributed by atoms with Crippen molar-refractivity contribution in [2.24, 2.45) is 0 Å². The Morgan fingerprint density at radius 2 is 1.97 bits per heavy atom. The van der Waals surface area contributed by atoms with Crippen LogP contribution in [0.15, 0.2) is 28.9 Å². The molecular weight excluding hydrogens is 402 g/mol. The maximum Gasteiger partial charge on any atom is 0.163 e. The number of furan rings is 1. The molecule has 1 aromatic carbocycles. The summed E-state index contributed by atoms with van der Waals surface area (Å²) in [6.07, 6.45) is 6.35. The maximum absolute atomic E-state index is 6.18. The van der Waals surface area contributed by atoms with Gasteiger partial charge in [0.2, 0.25) is 0 Å². The van der Waals surface area contributed by atoms with Crippen LogP contribution in [0.5, 0.6) is 11.5 Å². The monoisotopic (exact) mass is 435 g/mol. The van der Waals surface area contributed by atoms with Crippen LogP contribution in [0.4, 0.5) is 5.69 Å². The van der Waals surface area contributed by atoms with Crippen molar-refractivity contribution in [3.05, 3.63) is 35.8 Å². The van der Waals surface area contributed by atoms with Crippen LogP contribution in [0.25, 0.3) is 22.2 Å². The van der Waals surface area contributed by atoms with Crippen LogP contribution in [0.3, 0.4) is 0 Å². The van der Waals surface area contributed by atoms with E-state index in [1.165, 1.54) is 31.5 Å². The van der Waals surface area contributed by atoms with Crippen LogP contribution in [0.2, 0.25) is 0 Å². The Morgan fingerprint density at radius 3 is 2.69 bits per heavy atom. The molecule has 1 saturated heterocycles. The van der Waals surface area contributed by atoms with Crippen molar-refractivity contribution < 1.29 is 13.9 Å². The van der Waals surface area contributed by atoms with E-state index in [0.717, 1.165) is 64.5 Å². The van der Waals surface area contributed by atoms with Crippen molar-refractivity contribution in [2.45, 2.75) is 52.0 Å². The number of pyridine rings is 1. The summed E-state index contributed by atoms with van der Waals surface area (Å²) in [5, 5.41) is 4.78. The lowest BCUT2D eigenvalue weighted by atomic mass is 9.96. The highest BCUT2D eigenvalue weighted by Gasteiger charge is 2.33. The van der Waals surface area contributed by atoms with Crippen molar-refractivity contribution in [1.82, 2.24) is 9.88 Å². The molecule has 3 aromatic rings. The minimum atomic E-state index is -0.0379. The van der Waals surface area contributed by atoms with Gasteiger partial charge in [0.15, 0.2) is 11.5 Å². The summed E-state index contributed by atoms with van der Waals surface area (Å²) in [5.41, 5.74) is 5.22. The highest BCUT2D eigenvalue weighted by atomic mass is 16.5. The molecule has 6 nitrogen and oxygen atoms in total. The molecule has 0 atom stereocenters. The van der Waals surface area contributed by atoms with Crippen molar-refractivity contribution in [1.29, 1.82) is 0 Å². The van der Waals surface area contributed by atoms with Crippen LogP contribution >= 0.6 is 0 Å². The van der Waals surface area contributed by atoms with Crippen LogP contribution in [0.1, 0.15) is 44.4 Å². The molecule has 1 fully saturated rings. The van der Waals surface area contributed by atoms with Crippen molar-refractivity contribution in [3.8, 4) is 22.8 Å². The van der Waals surface area contributed by atoms with E-state index in [4.69, 9.17) is 18.9 Å². The third-order valence-corrected chi connectivity index (χ3v) is 6.53. The van der Waals surface area contributed by atoms with Crippen LogP contribution < -0.4 is 14.8 Å². The zero-order valence-electron chi connectivity index (χ0n) is 19.6. The Labute approximate surface area is 189 Å². The predicted molar refractivity (Wildman–Crippen MR) is 128 cm³/mol. The number of benzene rings is 1. The molecule has 32 heavy (non-hydrogen) atoms. The van der Waals surface area contributed by atoms with Gasteiger partial charge in [-0.25, -0.2) is 4.98 Å². The SMILES string of the molecule is COc1cc2c3c(c(-c4coc(C)c4)nc2cc1OCCCN1CCCC1)CC(C)(C)N3. The molecule has 1 N–H and O–H groups in total. The van der Waals surface area contributed by atoms with Gasteiger partial charge in [-0.1, -0.05) is 0 Å². The molecule has 0 saturated carbocycles. The largest absolute Gasteiger partial charge is 0.493 e. The fourth-order valence-corrected chi connectivity index (χ4v) is 5.01. The number of rotatable bonds is 7. The number of nitrogens with zero attached hydrogens (tertiary/aromatic N) is 2. The molecule has 2 aliphatic rings. The van der Waals surface area contributed by atoms with Gasteiger partial charge in [0.1, 0.15) is 12.0 Å². The second-order valence-electron chi connectivity index (χ2n) is 9.72. The summed E-state index contributed by atoms with van der Waals surface area (Å²) in [6, 6.07) is 6.14. The molecule has 5 rings (SSSR count). The van der Waals surface area contributed by atoms with E-state index in [2.05, 4.69) is 36.2 Å². The number of anilines is 1. The Bertz CT molecular complexity index is 1130. The molecule has 0 spiro atoms. The predicted octanol–water partition coefficient (Wildman–Crippen LogP) is 5.42. The zero-order valence-corrected chi connectivity index (χ0v) is 19.6. The summed E-state index contributed by atoms with van der Waals surface area (Å²) < 4.78 is 17.5. The lowest BCUT2D eigenvalue weighted by Crippen LogP contribution is -2.27. The third-order valence-electron chi connectivity index (χ3n) is 6.53. The molecule has 0 amide bonds. The molecule has 0 bridgehead atoms. The molecule has 0 unspecified atom stereocenters. The molecule has 170 valence electrons. The van der Waals surface area contributed by atoms with Crippen LogP contribution in [0, 0.1) is 6.92 Å². The van der Waals surface area contributed by atoms with E-state index in [1.54, 1.807) is 13.4 Å². The first-order valence-electron chi connectivity index (χ1n) is 11.7. The number of fused-ring (bicyclic) bond motifs is 3. The zero-order chi connectivity index (χ0) is 22.3. The lowest BCUT2D eigenvalue weighted by molar-refractivity contribution is 0.254. The smallest absolute Gasteiger partial charge is 0.163 e. The van der Waals surface area contributed by atoms with E-state index >= 15 is 0 Å². The Morgan fingerprint density at radius 1 is 1.16 bits per heavy atom. The average molecular weight is 436 g/mol. The van der Waals surface area contributed by atoms with E-state index in [0.29, 0.717) is 6.61 Å². The van der Waals surface area contributed by atoms with Gasteiger partial charge >= 0.3 is 0 Å². The summed E-state index contributed by atoms with van der Waals surface area (Å²) >= 11 is 0. The molecule has 6 heteroatoms. The van der Waals surface area contributed by atoms with Crippen molar-refractivity contribution in [2.75, 3.05) is 38.7 Å². The molecule has 2 aliphatic heterocycles. The van der Waals surface area contributed by atoms with Crippen molar-refractivity contribution in [3.63, 3.8) is 0 Å². The fourth-order valence-electron chi connectivity index (χ4n) is 5.01. The Hall–Kier alpha value is -2.73. The topological polar surface area (TPSA) is 59.8 Å². The maximum atomic E-state index is 6.18. The number of hydrogen-bond acceptors (Lipinski definition) is 6. The molecule has 4 heterocycles. The number of nitrogens with one attached hydrogen (secondary N) is 1. The third kappa shape index (κ3) is 4.04. The highest BCUT2D eigenvalue weighted by molar-refractivity contribution is 5.99. The quantitative estimate of drug-likeness (QED) is 0.500. The van der Waals surface area contributed by atoms with E-state index in [-0.39, 0.29) is 5.54 Å². The highest BCUT2D eigenvalue weighted by Crippen LogP contribution is 2.45. The summed E-state index contributed by atoms with van der Waals surface area (Å²) in [5.74, 6) is 2.39. The number of methoxy groups -OCH3 is 1. The Balaban J connectivity index is 1.49. The first-order chi connectivity index (χ1) is 15.4. The van der Waals surface area contributed by atoms with Crippen LogP contribution in [-0.4, -0.2) is 48.8 Å². The fraction of sp³-hybridized carbons (Fsp3) is 0.500. The minimum absolute atomic E-state index is 0.0379. The number of likely N-dealkylation sites (tertiary alicyclic amines) is 1. The number of aromatic nitrogens is 1. The standard InChI is InChI=1S/C26H33N3O3/c1-17-12-18(16-32-17)24-20-15-26(2,3)28-25(20)19-13-22(30-4)23(14-21(19)27-24)31-11-7-10-29-8-5-6-9-29/h12-14,16,28H,5-11,15H2,1-4H3. The van der Waals surface area contributed by atoms with Gasteiger partial charge in [0.25, 0.3) is 0 Å². The summed E-state index contributed by atoms with van der Waals surface area (Å²) in [4.78, 5) is 7.59. The van der Waals surface area contributed by atoms with Crippen LogP contribution in [-0.2, 0) is 6.42 Å². The van der Waals surface area contributed by atoms with Gasteiger partial charge in [-0.15, -0.1) is 0 Å². The number of aryl methyl sites for hydroxylation is 1. The second kappa shape index (κ2) is 8.32. The van der Waals surface area contributed by atoms with Gasteiger partial charge in [0.05, 0.1) is 24.9 Å². The first kappa shape index (κ1) is 21.1. The number of hydrogen-bond donors (Lipinski definition) is 1. The lowest BCUT2D eigenvalue weighted by Gasteiger charge is -2.19. The molecule has 0 radical (unpaired) electrons. The minimum Gasteiger partial charge on any atom is -0.493 e. The molecule has 0 aliphatic carbocycles. The normalized spacial score (nSPS) is 17.5. The van der Waals surface area contributed by atoms with E-state index in [1.807, 2.05) is 13.0 Å². The average Bonchev–Trinajstić information content (AvgIpc) is 3.49. The van der Waals surface area contributed by atoms with Gasteiger partial charge in [-0.05, 0) is 71.7 Å². The van der Waals surface area contributed by atoms with E-state index < -0.39 is 0 Å². The Kier molecular flexibility index (Phi) is 5.49. The van der Waals surface area contributed by atoms with Gasteiger partial charge < -0.3 is 24.1 Å². The number of ether oxygens (including phenoxy) is 2. The van der Waals surface area contributed by atoms with Crippen molar-refractivity contribution >= 4 is 16.6 Å². The summed E-state index contributed by atoms with van der Waals surface area (Å²) in [6.45, 7) is 10.6. The first-order valence-corrected chi connectivity index (χ1v) is 11.7. The van der Waals surface area contributed by atoms with Gasteiger partial charge in [-0.2, -0.15) is 0 Å². The van der Waals surface area contributed by atoms with Gasteiger partial charge in [0, 0.05) is 40.4 Å². The summed E-state index contributed by atoms with van der Waals surface area (Å²) in [7, 11) is 1.70.